The quantitative estimate of drug-likeness (QED) is 0.0833. The number of esters is 1. The van der Waals surface area contributed by atoms with Crippen molar-refractivity contribution >= 4 is 37.0 Å². The summed E-state index contributed by atoms with van der Waals surface area (Å²) >= 11 is 0. The third-order valence-corrected chi connectivity index (χ3v) is 9.74. The minimum absolute atomic E-state index is 0.109. The Morgan fingerprint density at radius 3 is 2.02 bits per heavy atom. The summed E-state index contributed by atoms with van der Waals surface area (Å²) in [6.07, 6.45) is -2.38. The largest absolute Gasteiger partial charge is 0.480 e. The summed E-state index contributed by atoms with van der Waals surface area (Å²) in [5.41, 5.74) is 2.73. The van der Waals surface area contributed by atoms with Crippen LogP contribution in [0.5, 0.6) is 0 Å². The van der Waals surface area contributed by atoms with Crippen LogP contribution in [0.4, 0.5) is 10.5 Å². The molecule has 3 N–H and O–H groups in total. The summed E-state index contributed by atoms with van der Waals surface area (Å²) in [7, 11) is -3.97. The lowest BCUT2D eigenvalue weighted by atomic mass is 9.97. The lowest BCUT2D eigenvalue weighted by Crippen LogP contribution is -2.43. The Hall–Kier alpha value is -4.47. The number of rotatable bonds is 15. The number of carboxylic acids is 1. The number of amides is 2. The SMILES string of the molecule is CC(=O)O[C@H](OP(=O)(Cc1ccccc1NC(=O)OC(C)(C)C)CC(Cc1ccc(-c2ccccc2)cc1)C(=O)N[C@@H](C)C(=O)O)C(C)C. The zero-order valence-electron chi connectivity index (χ0n) is 29.1. The van der Waals surface area contributed by atoms with Crippen LogP contribution in [0.2, 0.25) is 0 Å². The third-order valence-electron chi connectivity index (χ3n) is 7.33. The first kappa shape index (κ1) is 39.0. The van der Waals surface area contributed by atoms with E-state index in [1.807, 2.05) is 54.6 Å². The lowest BCUT2D eigenvalue weighted by Gasteiger charge is -2.30. The molecule has 2 amide bonds. The van der Waals surface area contributed by atoms with Gasteiger partial charge in [0.2, 0.25) is 19.6 Å². The van der Waals surface area contributed by atoms with Crippen LogP contribution in [0.3, 0.4) is 0 Å². The molecular formula is C37H47N2O9P. The van der Waals surface area contributed by atoms with Gasteiger partial charge < -0.3 is 19.9 Å². The van der Waals surface area contributed by atoms with E-state index in [1.165, 1.54) is 13.8 Å². The molecule has 0 aromatic heterocycles. The van der Waals surface area contributed by atoms with E-state index in [-0.39, 0.29) is 18.7 Å². The van der Waals surface area contributed by atoms with Crippen LogP contribution in [0.15, 0.2) is 78.9 Å². The minimum atomic E-state index is -3.97. The summed E-state index contributed by atoms with van der Waals surface area (Å²) in [4.78, 5) is 50.1. The van der Waals surface area contributed by atoms with Crippen LogP contribution in [-0.4, -0.2) is 53.1 Å². The highest BCUT2D eigenvalue weighted by Crippen LogP contribution is 2.55. The molecule has 0 fully saturated rings. The summed E-state index contributed by atoms with van der Waals surface area (Å²) in [6.45, 7) is 11.2. The highest BCUT2D eigenvalue weighted by atomic mass is 31.2. The average Bonchev–Trinajstić information content (AvgIpc) is 3.01. The van der Waals surface area contributed by atoms with Crippen molar-refractivity contribution in [3.63, 3.8) is 0 Å². The van der Waals surface area contributed by atoms with E-state index < -0.39 is 61.1 Å². The van der Waals surface area contributed by atoms with E-state index in [4.69, 9.17) is 14.0 Å². The molecular weight excluding hydrogens is 647 g/mol. The fraction of sp³-hybridized carbons (Fsp3) is 0.405. The molecule has 12 heteroatoms. The first-order valence-corrected chi connectivity index (χ1v) is 18.1. The van der Waals surface area contributed by atoms with Crippen LogP contribution in [0.25, 0.3) is 11.1 Å². The van der Waals surface area contributed by atoms with Crippen LogP contribution < -0.4 is 10.6 Å². The predicted octanol–water partition coefficient (Wildman–Crippen LogP) is 7.49. The Labute approximate surface area is 288 Å². The van der Waals surface area contributed by atoms with Crippen molar-refractivity contribution in [3.8, 4) is 11.1 Å². The number of carbonyl (C=O) groups is 4. The zero-order chi connectivity index (χ0) is 36.4. The number of anilines is 1. The van der Waals surface area contributed by atoms with Crippen molar-refractivity contribution in [3.05, 3.63) is 90.0 Å². The Morgan fingerprint density at radius 1 is 0.857 bits per heavy atom. The van der Waals surface area contributed by atoms with Crippen LogP contribution in [0, 0.1) is 11.8 Å². The molecule has 264 valence electrons. The molecule has 0 aliphatic rings. The number of aliphatic carboxylic acids is 1. The number of hydrogen-bond acceptors (Lipinski definition) is 8. The molecule has 0 aliphatic carbocycles. The second-order valence-electron chi connectivity index (χ2n) is 13.3. The van der Waals surface area contributed by atoms with E-state index in [0.29, 0.717) is 11.3 Å². The highest BCUT2D eigenvalue weighted by Gasteiger charge is 2.37. The molecule has 0 spiro atoms. The molecule has 0 saturated heterocycles. The first-order chi connectivity index (χ1) is 22.9. The van der Waals surface area contributed by atoms with Gasteiger partial charge in [0.05, 0.1) is 12.1 Å². The number of para-hydroxylation sites is 1. The Kier molecular flexibility index (Phi) is 13.7. The molecule has 3 aromatic carbocycles. The van der Waals surface area contributed by atoms with E-state index in [0.717, 1.165) is 16.7 Å². The standard InChI is InChI=1S/C37H47N2O9P/c1-24(2)35(46-26(4)40)48-49(45,22-30-15-11-12-16-32(30)39-36(44)47-37(5,6)7)23-31(33(41)38-25(3)34(42)43)21-27-17-19-29(20-18-27)28-13-9-8-10-14-28/h8-20,24-25,31,35H,21-23H2,1-7H3,(H,38,41)(H,39,44)(H,42,43)/t25-,31?,35+,49?/m0/s1. The number of nitrogens with one attached hydrogen (secondary N) is 2. The molecule has 0 bridgehead atoms. The fourth-order valence-electron chi connectivity index (χ4n) is 4.95. The van der Waals surface area contributed by atoms with Crippen molar-refractivity contribution in [1.82, 2.24) is 5.32 Å². The first-order valence-electron chi connectivity index (χ1n) is 16.1. The van der Waals surface area contributed by atoms with Gasteiger partial charge in [-0.1, -0.05) is 86.6 Å². The van der Waals surface area contributed by atoms with Crippen LogP contribution in [-0.2, 0) is 45.5 Å². The van der Waals surface area contributed by atoms with Gasteiger partial charge in [0, 0.05) is 24.7 Å². The minimum Gasteiger partial charge on any atom is -0.480 e. The van der Waals surface area contributed by atoms with Gasteiger partial charge in [-0.15, -0.1) is 0 Å². The number of ether oxygens (including phenoxy) is 2. The van der Waals surface area contributed by atoms with Gasteiger partial charge >= 0.3 is 18.0 Å². The number of hydrogen-bond donors (Lipinski definition) is 3. The molecule has 2 unspecified atom stereocenters. The Balaban J connectivity index is 2.03. The van der Waals surface area contributed by atoms with E-state index >= 15 is 4.57 Å². The maximum atomic E-state index is 15.1. The number of carbonyl (C=O) groups excluding carboxylic acids is 3. The Bertz CT molecular complexity index is 1640. The molecule has 0 heterocycles. The highest BCUT2D eigenvalue weighted by molar-refractivity contribution is 7.58. The molecule has 0 aliphatic heterocycles. The molecule has 3 aromatic rings. The topological polar surface area (TPSA) is 157 Å². The lowest BCUT2D eigenvalue weighted by molar-refractivity contribution is -0.166. The second-order valence-corrected chi connectivity index (χ2v) is 15.8. The maximum absolute atomic E-state index is 15.1. The van der Waals surface area contributed by atoms with Gasteiger partial charge in [0.25, 0.3) is 0 Å². The molecule has 0 radical (unpaired) electrons. The average molecular weight is 695 g/mol. The van der Waals surface area contributed by atoms with Gasteiger partial charge in [0.1, 0.15) is 11.6 Å². The maximum Gasteiger partial charge on any atom is 0.412 e. The smallest absolute Gasteiger partial charge is 0.412 e. The molecule has 11 nitrogen and oxygen atoms in total. The Morgan fingerprint density at radius 2 is 1.45 bits per heavy atom. The monoisotopic (exact) mass is 694 g/mol. The van der Waals surface area contributed by atoms with Crippen LogP contribution >= 0.6 is 7.37 Å². The molecule has 4 atom stereocenters. The molecule has 0 saturated carbocycles. The summed E-state index contributed by atoms with van der Waals surface area (Å²) in [5.74, 6) is -3.90. The van der Waals surface area contributed by atoms with Crippen molar-refractivity contribution in [2.24, 2.45) is 11.8 Å². The zero-order valence-corrected chi connectivity index (χ0v) is 30.0. The van der Waals surface area contributed by atoms with E-state index in [9.17, 15) is 24.3 Å². The number of benzene rings is 3. The van der Waals surface area contributed by atoms with Crippen LogP contribution in [0.1, 0.15) is 59.6 Å². The van der Waals surface area contributed by atoms with Crippen molar-refractivity contribution in [2.45, 2.75) is 79.0 Å². The van der Waals surface area contributed by atoms with Gasteiger partial charge in [-0.05, 0) is 62.4 Å². The van der Waals surface area contributed by atoms with Crippen molar-refractivity contribution < 1.29 is 42.8 Å². The van der Waals surface area contributed by atoms with Crippen molar-refractivity contribution in [1.29, 1.82) is 0 Å². The third kappa shape index (κ3) is 12.8. The summed E-state index contributed by atoms with van der Waals surface area (Å²) in [5, 5.41) is 14.7. The predicted molar refractivity (Wildman–Crippen MR) is 188 cm³/mol. The second kappa shape index (κ2) is 17.3. The van der Waals surface area contributed by atoms with E-state index in [1.54, 1.807) is 58.9 Å². The molecule has 49 heavy (non-hydrogen) atoms. The van der Waals surface area contributed by atoms with Crippen molar-refractivity contribution in [2.75, 3.05) is 11.5 Å². The normalized spacial score (nSPS) is 14.5. The van der Waals surface area contributed by atoms with Gasteiger partial charge in [-0.25, -0.2) is 4.79 Å². The van der Waals surface area contributed by atoms with Gasteiger partial charge in [0.15, 0.2) is 0 Å². The van der Waals surface area contributed by atoms with Gasteiger partial charge in [-0.2, -0.15) is 0 Å². The number of carboxylic acid groups (broad SMARTS) is 1. The summed E-state index contributed by atoms with van der Waals surface area (Å²) < 4.78 is 32.0. The van der Waals surface area contributed by atoms with E-state index in [2.05, 4.69) is 10.6 Å². The molecule has 3 rings (SSSR count). The summed E-state index contributed by atoms with van der Waals surface area (Å²) in [6, 6.07) is 22.8. The fourth-order valence-corrected chi connectivity index (χ4v) is 7.66. The van der Waals surface area contributed by atoms with Gasteiger partial charge in [-0.3, -0.25) is 28.8 Å².